The third-order valence-corrected chi connectivity index (χ3v) is 0.647. The van der Waals surface area contributed by atoms with Crippen LogP contribution in [-0.4, -0.2) is 6.61 Å². The highest BCUT2D eigenvalue weighted by atomic mass is 16.6. The van der Waals surface area contributed by atoms with Gasteiger partial charge in [0.1, 0.15) is 6.61 Å². The van der Waals surface area contributed by atoms with Crippen LogP contribution in [-0.2, 0) is 4.84 Å². The Morgan fingerprint density at radius 1 is 2.00 bits per heavy atom. The second-order valence-corrected chi connectivity index (χ2v) is 1.14. The number of hydrogen-bond donors (Lipinski definition) is 0. The van der Waals surface area contributed by atoms with Crippen LogP contribution in [0.4, 0.5) is 0 Å². The second-order valence-electron chi connectivity index (χ2n) is 1.14. The molecule has 0 aliphatic carbocycles. The number of nitriles is 1. The Hall–Kier alpha value is -1.01. The van der Waals surface area contributed by atoms with Gasteiger partial charge in [-0.15, -0.1) is 5.48 Å². The fourth-order valence-corrected chi connectivity index (χ4v) is 0.306. The molecule has 0 bridgehead atoms. The van der Waals surface area contributed by atoms with Crippen molar-refractivity contribution in [3.8, 4) is 6.07 Å². The maximum atomic E-state index is 8.11. The first kappa shape index (κ1) is 4.16. The van der Waals surface area contributed by atoms with E-state index in [1.807, 2.05) is 6.07 Å². The van der Waals surface area contributed by atoms with Crippen LogP contribution in [0.5, 0.6) is 0 Å². The lowest BCUT2D eigenvalue weighted by atomic mass is 10.4. The van der Waals surface area contributed by atoms with E-state index in [1.54, 1.807) is 0 Å². The zero-order valence-corrected chi connectivity index (χ0v) is 3.59. The van der Waals surface area contributed by atoms with Gasteiger partial charge in [-0.05, 0) is 0 Å². The highest BCUT2D eigenvalue weighted by Crippen LogP contribution is 1.97. The van der Waals surface area contributed by atoms with Gasteiger partial charge in [0, 0.05) is 0 Å². The standard InChI is InChI=1S/C4H3N2O/c5-1-4-2-6-7-3-4/h2H,3H2. The Labute approximate surface area is 41.1 Å². The zero-order valence-electron chi connectivity index (χ0n) is 3.59. The van der Waals surface area contributed by atoms with E-state index in [9.17, 15) is 0 Å². The van der Waals surface area contributed by atoms with Gasteiger partial charge in [0.25, 0.3) is 0 Å². The van der Waals surface area contributed by atoms with Crippen LogP contribution in [0, 0.1) is 11.3 Å². The molecule has 35 valence electrons. The van der Waals surface area contributed by atoms with Crippen LogP contribution in [0.25, 0.3) is 0 Å². The van der Waals surface area contributed by atoms with E-state index in [1.165, 1.54) is 6.20 Å². The molecule has 0 aromatic heterocycles. The van der Waals surface area contributed by atoms with Crippen LogP contribution < -0.4 is 5.48 Å². The quantitative estimate of drug-likeness (QED) is 0.423. The number of rotatable bonds is 0. The molecule has 0 unspecified atom stereocenters. The van der Waals surface area contributed by atoms with E-state index in [2.05, 4.69) is 10.3 Å². The Balaban J connectivity index is 2.57. The number of hydroxylamine groups is 1. The van der Waals surface area contributed by atoms with Crippen LogP contribution in [0.15, 0.2) is 11.8 Å². The van der Waals surface area contributed by atoms with Crippen LogP contribution in [0.2, 0.25) is 0 Å². The molecule has 1 radical (unpaired) electrons. The van der Waals surface area contributed by atoms with Gasteiger partial charge in [-0.3, -0.25) is 0 Å². The largest absolute Gasteiger partial charge is 0.246 e. The van der Waals surface area contributed by atoms with Crippen molar-refractivity contribution in [1.29, 1.82) is 5.26 Å². The second kappa shape index (κ2) is 1.63. The van der Waals surface area contributed by atoms with Crippen LogP contribution >= 0.6 is 0 Å². The summed E-state index contributed by atoms with van der Waals surface area (Å²) in [7, 11) is 0. The van der Waals surface area contributed by atoms with Gasteiger partial charge in [-0.25, -0.2) is 4.84 Å². The van der Waals surface area contributed by atoms with Gasteiger partial charge < -0.3 is 0 Å². The summed E-state index contributed by atoms with van der Waals surface area (Å²) in [6.45, 7) is 0.344. The summed E-state index contributed by atoms with van der Waals surface area (Å²) < 4.78 is 0. The molecule has 1 aliphatic heterocycles. The smallest absolute Gasteiger partial charge is 0.114 e. The summed E-state index contributed by atoms with van der Waals surface area (Å²) in [6, 6.07) is 1.91. The summed E-state index contributed by atoms with van der Waals surface area (Å²) in [5.41, 5.74) is 3.93. The minimum absolute atomic E-state index is 0.344. The van der Waals surface area contributed by atoms with Gasteiger partial charge in [0.2, 0.25) is 0 Å². The normalized spacial score (nSPS) is 17.3. The third kappa shape index (κ3) is 0.699. The van der Waals surface area contributed by atoms with Crippen LogP contribution in [0.1, 0.15) is 0 Å². The molecular formula is C4H3N2O. The molecule has 0 saturated heterocycles. The molecule has 1 heterocycles. The van der Waals surface area contributed by atoms with E-state index in [4.69, 9.17) is 5.26 Å². The zero-order chi connectivity index (χ0) is 5.11. The maximum Gasteiger partial charge on any atom is 0.114 e. The number of hydrogen-bond acceptors (Lipinski definition) is 2. The summed E-state index contributed by atoms with van der Waals surface area (Å²) in [5, 5.41) is 8.11. The van der Waals surface area contributed by atoms with E-state index in [-0.39, 0.29) is 0 Å². The van der Waals surface area contributed by atoms with Crippen molar-refractivity contribution in [1.82, 2.24) is 5.48 Å². The SMILES string of the molecule is N#CC1=C[N]OC1. The predicted octanol–water partition coefficient (Wildman–Crippen LogP) is -0.0565. The minimum atomic E-state index is 0.344. The van der Waals surface area contributed by atoms with Crippen molar-refractivity contribution in [3.63, 3.8) is 0 Å². The molecule has 0 N–H and O–H groups in total. The molecule has 0 fully saturated rings. The Kier molecular flexibility index (Phi) is 0.966. The van der Waals surface area contributed by atoms with Gasteiger partial charge in [0.15, 0.2) is 0 Å². The lowest BCUT2D eigenvalue weighted by Crippen LogP contribution is -1.87. The minimum Gasteiger partial charge on any atom is -0.246 e. The molecule has 3 heteroatoms. The first-order chi connectivity index (χ1) is 3.43. The first-order valence-corrected chi connectivity index (χ1v) is 1.85. The molecule has 0 atom stereocenters. The lowest BCUT2D eigenvalue weighted by Gasteiger charge is -1.78. The summed E-state index contributed by atoms with van der Waals surface area (Å²) in [6.07, 6.45) is 1.42. The fraction of sp³-hybridized carbons (Fsp3) is 0.250. The van der Waals surface area contributed by atoms with E-state index < -0.39 is 0 Å². The molecule has 0 spiro atoms. The molecule has 0 amide bonds. The van der Waals surface area contributed by atoms with Gasteiger partial charge in [-0.1, -0.05) is 0 Å². The monoisotopic (exact) mass is 95.0 g/mol. The summed E-state index contributed by atoms with van der Waals surface area (Å²) in [4.78, 5) is 4.46. The van der Waals surface area contributed by atoms with Crippen molar-refractivity contribution in [2.24, 2.45) is 0 Å². The third-order valence-electron chi connectivity index (χ3n) is 0.647. The molecular weight excluding hydrogens is 92.1 g/mol. The fourth-order valence-electron chi connectivity index (χ4n) is 0.306. The lowest BCUT2D eigenvalue weighted by molar-refractivity contribution is 0.106. The van der Waals surface area contributed by atoms with Gasteiger partial charge in [-0.2, -0.15) is 5.26 Å². The average molecular weight is 95.1 g/mol. The molecule has 0 saturated carbocycles. The highest BCUT2D eigenvalue weighted by molar-refractivity contribution is 5.21. The van der Waals surface area contributed by atoms with Crippen molar-refractivity contribution in [3.05, 3.63) is 11.8 Å². The molecule has 1 aliphatic rings. The van der Waals surface area contributed by atoms with Gasteiger partial charge in [0.05, 0.1) is 17.8 Å². The molecule has 7 heavy (non-hydrogen) atoms. The molecule has 0 aromatic rings. The summed E-state index contributed by atoms with van der Waals surface area (Å²) >= 11 is 0. The van der Waals surface area contributed by atoms with Crippen molar-refractivity contribution < 1.29 is 4.84 Å². The summed E-state index contributed by atoms with van der Waals surface area (Å²) in [5.74, 6) is 0. The first-order valence-electron chi connectivity index (χ1n) is 1.85. The van der Waals surface area contributed by atoms with E-state index in [0.29, 0.717) is 12.2 Å². The maximum absolute atomic E-state index is 8.11. The molecule has 0 aromatic carbocycles. The Morgan fingerprint density at radius 2 is 2.86 bits per heavy atom. The molecule has 3 nitrogen and oxygen atoms in total. The predicted molar refractivity (Wildman–Crippen MR) is 21.8 cm³/mol. The van der Waals surface area contributed by atoms with Crippen molar-refractivity contribution in [2.45, 2.75) is 0 Å². The Morgan fingerprint density at radius 3 is 3.14 bits per heavy atom. The topological polar surface area (TPSA) is 47.1 Å². The van der Waals surface area contributed by atoms with Crippen LogP contribution in [0.3, 0.4) is 0 Å². The van der Waals surface area contributed by atoms with Crippen molar-refractivity contribution >= 4 is 0 Å². The number of nitrogens with zero attached hydrogens (tertiary/aromatic N) is 2. The van der Waals surface area contributed by atoms with Gasteiger partial charge >= 0.3 is 0 Å². The van der Waals surface area contributed by atoms with E-state index in [0.717, 1.165) is 0 Å². The van der Waals surface area contributed by atoms with Crippen molar-refractivity contribution in [2.75, 3.05) is 6.61 Å². The Bertz CT molecular complexity index is 133. The molecule has 1 rings (SSSR count). The highest BCUT2D eigenvalue weighted by Gasteiger charge is 2.01. The van der Waals surface area contributed by atoms with E-state index >= 15 is 0 Å². The average Bonchev–Trinajstić information content (AvgIpc) is 2.14.